The van der Waals surface area contributed by atoms with Crippen LogP contribution in [0.2, 0.25) is 0 Å². The summed E-state index contributed by atoms with van der Waals surface area (Å²) in [5.41, 5.74) is -0.183. The van der Waals surface area contributed by atoms with Crippen molar-refractivity contribution < 1.29 is 22.9 Å². The van der Waals surface area contributed by atoms with Crippen molar-refractivity contribution in [1.82, 2.24) is 20.1 Å². The summed E-state index contributed by atoms with van der Waals surface area (Å²) in [5, 5.41) is 22.3. The molecule has 0 aliphatic rings. The number of aromatic nitrogens is 3. The molecule has 162 valence electrons. The summed E-state index contributed by atoms with van der Waals surface area (Å²) < 4.78 is 40.5. The number of halogens is 3. The van der Waals surface area contributed by atoms with Crippen LogP contribution in [-0.4, -0.2) is 25.6 Å². The third kappa shape index (κ3) is 5.20. The Hall–Kier alpha value is -3.41. The molecule has 0 atom stereocenters. The Morgan fingerprint density at radius 3 is 2.45 bits per heavy atom. The highest BCUT2D eigenvalue weighted by molar-refractivity contribution is 7.99. The number of hydrogen-bond acceptors (Lipinski definition) is 6. The summed E-state index contributed by atoms with van der Waals surface area (Å²) in [6, 6.07) is 9.54. The number of rotatable bonds is 6. The zero-order valence-corrected chi connectivity index (χ0v) is 17.1. The van der Waals surface area contributed by atoms with Crippen molar-refractivity contribution in [3.63, 3.8) is 0 Å². The number of carbonyl (C=O) groups is 1. The first-order valence-corrected chi connectivity index (χ1v) is 9.67. The van der Waals surface area contributed by atoms with E-state index >= 15 is 0 Å². The fraction of sp³-hybridized carbons (Fsp3) is 0.211. The van der Waals surface area contributed by atoms with Crippen LogP contribution in [0.25, 0.3) is 5.69 Å². The molecule has 1 amide bonds. The Kier molecular flexibility index (Phi) is 6.29. The van der Waals surface area contributed by atoms with Gasteiger partial charge in [-0.1, -0.05) is 17.7 Å². The van der Waals surface area contributed by atoms with Gasteiger partial charge in [0.1, 0.15) is 0 Å². The molecular weight excluding hydrogens is 435 g/mol. The van der Waals surface area contributed by atoms with Crippen LogP contribution in [0.4, 0.5) is 18.9 Å². The van der Waals surface area contributed by atoms with Crippen LogP contribution >= 0.6 is 11.8 Å². The van der Waals surface area contributed by atoms with Crippen LogP contribution in [0.3, 0.4) is 0 Å². The second-order valence-electron chi connectivity index (χ2n) is 6.52. The quantitative estimate of drug-likeness (QED) is 0.443. The smallest absolute Gasteiger partial charge is 0.349 e. The van der Waals surface area contributed by atoms with Gasteiger partial charge in [0.15, 0.2) is 5.82 Å². The van der Waals surface area contributed by atoms with Gasteiger partial charge in [-0.15, -0.1) is 10.2 Å². The molecule has 0 saturated carbocycles. The molecule has 0 aliphatic carbocycles. The van der Waals surface area contributed by atoms with E-state index in [1.807, 2.05) is 19.1 Å². The summed E-state index contributed by atoms with van der Waals surface area (Å²) in [6.07, 6.45) is -4.71. The van der Waals surface area contributed by atoms with Gasteiger partial charge in [0.2, 0.25) is 11.1 Å². The second-order valence-corrected chi connectivity index (χ2v) is 7.53. The first-order chi connectivity index (χ1) is 14.6. The fourth-order valence-corrected chi connectivity index (χ4v) is 3.61. The lowest BCUT2D eigenvalue weighted by Gasteiger charge is -2.12. The van der Waals surface area contributed by atoms with Crippen molar-refractivity contribution in [2.75, 3.05) is 0 Å². The van der Waals surface area contributed by atoms with Crippen LogP contribution in [0.1, 0.15) is 23.9 Å². The number of alkyl halides is 3. The maximum atomic E-state index is 13.0. The molecule has 2 aromatic carbocycles. The van der Waals surface area contributed by atoms with Gasteiger partial charge in [0.05, 0.1) is 21.9 Å². The molecule has 0 spiro atoms. The van der Waals surface area contributed by atoms with Gasteiger partial charge in [0, 0.05) is 18.7 Å². The van der Waals surface area contributed by atoms with Crippen molar-refractivity contribution in [3.8, 4) is 5.69 Å². The molecule has 0 radical (unpaired) electrons. The maximum absolute atomic E-state index is 13.0. The van der Waals surface area contributed by atoms with Gasteiger partial charge in [0.25, 0.3) is 5.69 Å². The zero-order valence-electron chi connectivity index (χ0n) is 16.3. The molecular formula is C19H16F3N5O3S. The Morgan fingerprint density at radius 2 is 1.87 bits per heavy atom. The molecule has 0 saturated heterocycles. The lowest BCUT2D eigenvalue weighted by atomic mass is 10.2. The van der Waals surface area contributed by atoms with Gasteiger partial charge in [-0.25, -0.2) is 0 Å². The minimum atomic E-state index is -4.71. The Morgan fingerprint density at radius 1 is 1.19 bits per heavy atom. The van der Waals surface area contributed by atoms with E-state index in [4.69, 9.17) is 0 Å². The Bertz CT molecular complexity index is 1130. The highest BCUT2D eigenvalue weighted by Gasteiger charge is 2.33. The van der Waals surface area contributed by atoms with Crippen molar-refractivity contribution in [3.05, 3.63) is 69.5 Å². The average molecular weight is 451 g/mol. The monoisotopic (exact) mass is 451 g/mol. The van der Waals surface area contributed by atoms with Crippen molar-refractivity contribution >= 4 is 23.4 Å². The minimum Gasteiger partial charge on any atom is -0.349 e. The lowest BCUT2D eigenvalue weighted by Crippen LogP contribution is -2.21. The number of nitro benzene ring substituents is 1. The molecule has 12 heteroatoms. The van der Waals surface area contributed by atoms with E-state index in [-0.39, 0.29) is 22.5 Å². The SMILES string of the molecule is CC(=O)NCc1nnc(Sc2ccc(C(F)(F)F)cc2[N+](=O)[O-])n1-c1ccc(C)cc1. The first kappa shape index (κ1) is 22.3. The molecule has 0 unspecified atom stereocenters. The molecule has 1 N–H and O–H groups in total. The van der Waals surface area contributed by atoms with E-state index in [0.29, 0.717) is 17.6 Å². The summed E-state index contributed by atoms with van der Waals surface area (Å²) in [5.74, 6) is 0.0714. The van der Waals surface area contributed by atoms with E-state index in [0.717, 1.165) is 29.5 Å². The van der Waals surface area contributed by atoms with Crippen LogP contribution in [-0.2, 0) is 17.5 Å². The Balaban J connectivity index is 2.06. The number of carbonyl (C=O) groups excluding carboxylic acids is 1. The molecule has 3 aromatic rings. The standard InChI is InChI=1S/C19H16F3N5O3S/c1-11-3-6-14(7-4-11)26-17(10-23-12(2)28)24-25-18(26)31-16-8-5-13(19(20,21)22)9-15(16)27(29)30/h3-9H,10H2,1-2H3,(H,23,28). The zero-order chi connectivity index (χ0) is 22.8. The maximum Gasteiger partial charge on any atom is 0.416 e. The number of benzene rings is 2. The van der Waals surface area contributed by atoms with E-state index in [1.54, 1.807) is 16.7 Å². The predicted molar refractivity (Wildman–Crippen MR) is 106 cm³/mol. The molecule has 0 fully saturated rings. The second kappa shape index (κ2) is 8.76. The van der Waals surface area contributed by atoms with E-state index in [2.05, 4.69) is 15.5 Å². The summed E-state index contributed by atoms with van der Waals surface area (Å²) in [7, 11) is 0. The van der Waals surface area contributed by atoms with Gasteiger partial charge in [-0.05, 0) is 43.0 Å². The van der Waals surface area contributed by atoms with Crippen molar-refractivity contribution in [1.29, 1.82) is 0 Å². The van der Waals surface area contributed by atoms with Gasteiger partial charge in [-0.2, -0.15) is 13.2 Å². The molecule has 1 aromatic heterocycles. The molecule has 3 rings (SSSR count). The molecule has 0 bridgehead atoms. The van der Waals surface area contributed by atoms with Crippen molar-refractivity contribution in [2.24, 2.45) is 0 Å². The molecule has 0 aliphatic heterocycles. The lowest BCUT2D eigenvalue weighted by molar-refractivity contribution is -0.388. The molecule has 31 heavy (non-hydrogen) atoms. The third-order valence-corrected chi connectivity index (χ3v) is 5.18. The van der Waals surface area contributed by atoms with E-state index in [9.17, 15) is 28.1 Å². The van der Waals surface area contributed by atoms with E-state index < -0.39 is 22.4 Å². The number of nitro groups is 1. The largest absolute Gasteiger partial charge is 0.416 e. The third-order valence-electron chi connectivity index (χ3n) is 4.17. The number of amides is 1. The number of aryl methyl sites for hydroxylation is 1. The van der Waals surface area contributed by atoms with Crippen LogP contribution in [0, 0.1) is 17.0 Å². The number of nitrogens with one attached hydrogen (secondary N) is 1. The van der Waals surface area contributed by atoms with Gasteiger partial charge in [-0.3, -0.25) is 19.5 Å². The average Bonchev–Trinajstić information content (AvgIpc) is 3.08. The van der Waals surface area contributed by atoms with Crippen LogP contribution < -0.4 is 5.32 Å². The van der Waals surface area contributed by atoms with E-state index in [1.165, 1.54) is 6.92 Å². The van der Waals surface area contributed by atoms with Gasteiger partial charge < -0.3 is 5.32 Å². The summed E-state index contributed by atoms with van der Waals surface area (Å²) in [4.78, 5) is 21.8. The van der Waals surface area contributed by atoms with Crippen LogP contribution in [0.15, 0.2) is 52.5 Å². The topological polar surface area (TPSA) is 103 Å². The fourth-order valence-electron chi connectivity index (χ4n) is 2.66. The van der Waals surface area contributed by atoms with Crippen molar-refractivity contribution in [2.45, 2.75) is 36.6 Å². The highest BCUT2D eigenvalue weighted by Crippen LogP contribution is 2.39. The Labute approximate surface area is 178 Å². The summed E-state index contributed by atoms with van der Waals surface area (Å²) in [6.45, 7) is 3.29. The number of nitrogens with zero attached hydrogens (tertiary/aromatic N) is 4. The summed E-state index contributed by atoms with van der Waals surface area (Å²) >= 11 is 0.810. The number of hydrogen-bond donors (Lipinski definition) is 1. The minimum absolute atomic E-state index is 0.0233. The van der Waals surface area contributed by atoms with Crippen LogP contribution in [0.5, 0.6) is 0 Å². The molecule has 8 nitrogen and oxygen atoms in total. The highest BCUT2D eigenvalue weighted by atomic mass is 32.2. The first-order valence-electron chi connectivity index (χ1n) is 8.85. The predicted octanol–water partition coefficient (Wildman–Crippen LogP) is 4.29. The molecule has 1 heterocycles. The normalized spacial score (nSPS) is 11.4. The van der Waals surface area contributed by atoms with Gasteiger partial charge >= 0.3 is 6.18 Å².